The number of ether oxygens (including phenoxy) is 1. The summed E-state index contributed by atoms with van der Waals surface area (Å²) in [5.74, 6) is 4.94. The van der Waals surface area contributed by atoms with Crippen LogP contribution in [0.1, 0.15) is 125 Å². The van der Waals surface area contributed by atoms with Crippen LogP contribution in [0.15, 0.2) is 0 Å². The van der Waals surface area contributed by atoms with Crippen LogP contribution in [0.3, 0.4) is 0 Å². The van der Waals surface area contributed by atoms with Gasteiger partial charge in [0, 0.05) is 7.11 Å². The maximum Gasteiger partial charge on any atom is 0.0569 e. The third-order valence-corrected chi connectivity index (χ3v) is 10.2. The van der Waals surface area contributed by atoms with E-state index in [9.17, 15) is 0 Å². The lowest BCUT2D eigenvalue weighted by Gasteiger charge is -2.57. The maximum atomic E-state index is 5.73. The second-order valence-corrected chi connectivity index (χ2v) is 12.2. The first-order valence-corrected chi connectivity index (χ1v) is 13.4. The van der Waals surface area contributed by atoms with Crippen molar-refractivity contribution in [2.75, 3.05) is 7.11 Å². The van der Waals surface area contributed by atoms with Crippen LogP contribution in [-0.2, 0) is 4.74 Å². The fraction of sp³-hybridized carbons (Fsp3) is 1.00. The van der Waals surface area contributed by atoms with E-state index >= 15 is 0 Å². The van der Waals surface area contributed by atoms with E-state index in [-0.39, 0.29) is 0 Å². The van der Waals surface area contributed by atoms with Crippen molar-refractivity contribution < 1.29 is 4.74 Å². The Morgan fingerprint density at radius 1 is 0.931 bits per heavy atom. The van der Waals surface area contributed by atoms with Crippen LogP contribution in [0.25, 0.3) is 0 Å². The van der Waals surface area contributed by atoms with Crippen molar-refractivity contribution in [1.82, 2.24) is 0 Å². The van der Waals surface area contributed by atoms with Gasteiger partial charge >= 0.3 is 0 Å². The molecule has 3 aliphatic rings. The first kappa shape index (κ1) is 23.6. The summed E-state index contributed by atoms with van der Waals surface area (Å²) in [6, 6.07) is 0. The van der Waals surface area contributed by atoms with Gasteiger partial charge in [0.15, 0.2) is 0 Å². The standard InChI is InChI=1S/C28H52O/c1-7-23(29-6)16-19-27(4)18-10-13-24-25(27)17-20-28(5)22(14-15-26(24)28)12-9-8-11-21(2)3/h21-26H,7-20H2,1-6H3. The van der Waals surface area contributed by atoms with Gasteiger partial charge in [-0.1, -0.05) is 60.3 Å². The summed E-state index contributed by atoms with van der Waals surface area (Å²) in [7, 11) is 1.91. The predicted molar refractivity (Wildman–Crippen MR) is 126 cm³/mol. The number of hydrogen-bond donors (Lipinski definition) is 0. The summed E-state index contributed by atoms with van der Waals surface area (Å²) in [4.78, 5) is 0. The molecule has 0 aromatic rings. The van der Waals surface area contributed by atoms with E-state index in [1.54, 1.807) is 0 Å². The normalized spacial score (nSPS) is 40.7. The van der Waals surface area contributed by atoms with Crippen LogP contribution < -0.4 is 0 Å². The van der Waals surface area contributed by atoms with Crippen LogP contribution >= 0.6 is 0 Å². The molecule has 0 heterocycles. The Balaban J connectivity index is 1.62. The zero-order valence-corrected chi connectivity index (χ0v) is 20.8. The molecule has 0 aliphatic heterocycles. The molecule has 29 heavy (non-hydrogen) atoms. The second-order valence-electron chi connectivity index (χ2n) is 12.2. The van der Waals surface area contributed by atoms with Gasteiger partial charge in [-0.3, -0.25) is 0 Å². The van der Waals surface area contributed by atoms with Crippen molar-refractivity contribution in [3.05, 3.63) is 0 Å². The molecule has 0 amide bonds. The van der Waals surface area contributed by atoms with Crippen molar-refractivity contribution in [3.8, 4) is 0 Å². The fourth-order valence-electron chi connectivity index (χ4n) is 8.30. The summed E-state index contributed by atoms with van der Waals surface area (Å²) < 4.78 is 5.73. The molecule has 0 N–H and O–H groups in total. The van der Waals surface area contributed by atoms with Crippen molar-refractivity contribution in [2.45, 2.75) is 131 Å². The average Bonchev–Trinajstić information content (AvgIpc) is 3.03. The first-order valence-electron chi connectivity index (χ1n) is 13.4. The molecule has 3 rings (SSSR count). The highest BCUT2D eigenvalue weighted by molar-refractivity contribution is 5.06. The lowest BCUT2D eigenvalue weighted by atomic mass is 9.48. The van der Waals surface area contributed by atoms with Crippen LogP contribution in [-0.4, -0.2) is 13.2 Å². The third-order valence-electron chi connectivity index (χ3n) is 10.2. The molecule has 7 atom stereocenters. The van der Waals surface area contributed by atoms with E-state index in [2.05, 4.69) is 34.6 Å². The SMILES string of the molecule is CCC(CCC1(C)CCCC2C1CCC1(C)C(CCCCC(C)C)CCC21)OC. The molecule has 0 aromatic heterocycles. The minimum atomic E-state index is 0.475. The molecule has 1 nitrogen and oxygen atoms in total. The summed E-state index contributed by atoms with van der Waals surface area (Å²) in [6.45, 7) is 12.4. The topological polar surface area (TPSA) is 9.23 Å². The van der Waals surface area contributed by atoms with Gasteiger partial charge in [-0.05, 0) is 105 Å². The number of rotatable bonds is 10. The van der Waals surface area contributed by atoms with Crippen LogP contribution in [0.5, 0.6) is 0 Å². The Morgan fingerprint density at radius 2 is 1.72 bits per heavy atom. The van der Waals surface area contributed by atoms with E-state index < -0.39 is 0 Å². The Hall–Kier alpha value is -0.0400. The van der Waals surface area contributed by atoms with Crippen molar-refractivity contribution in [2.24, 2.45) is 40.4 Å². The van der Waals surface area contributed by atoms with E-state index in [0.717, 1.165) is 29.6 Å². The molecule has 0 aromatic carbocycles. The monoisotopic (exact) mass is 404 g/mol. The van der Waals surface area contributed by atoms with E-state index in [1.165, 1.54) is 89.9 Å². The number of fused-ring (bicyclic) bond motifs is 3. The van der Waals surface area contributed by atoms with Crippen molar-refractivity contribution in [3.63, 3.8) is 0 Å². The number of unbranched alkanes of at least 4 members (excludes halogenated alkanes) is 1. The molecule has 0 saturated heterocycles. The minimum Gasteiger partial charge on any atom is -0.381 e. The van der Waals surface area contributed by atoms with Gasteiger partial charge < -0.3 is 4.74 Å². The molecular weight excluding hydrogens is 352 g/mol. The highest BCUT2D eigenvalue weighted by Gasteiger charge is 2.57. The van der Waals surface area contributed by atoms with Crippen molar-refractivity contribution in [1.29, 1.82) is 0 Å². The summed E-state index contributed by atoms with van der Waals surface area (Å²) in [5.41, 5.74) is 1.24. The smallest absolute Gasteiger partial charge is 0.0569 e. The van der Waals surface area contributed by atoms with Gasteiger partial charge in [-0.25, -0.2) is 0 Å². The highest BCUT2D eigenvalue weighted by atomic mass is 16.5. The molecule has 0 spiro atoms. The summed E-state index contributed by atoms with van der Waals surface area (Å²) in [5, 5.41) is 0. The molecule has 0 bridgehead atoms. The lowest BCUT2D eigenvalue weighted by Crippen LogP contribution is -2.48. The fourth-order valence-corrected chi connectivity index (χ4v) is 8.30. The van der Waals surface area contributed by atoms with E-state index in [1.807, 2.05) is 7.11 Å². The third kappa shape index (κ3) is 5.07. The van der Waals surface area contributed by atoms with Gasteiger partial charge in [-0.15, -0.1) is 0 Å². The second kappa shape index (κ2) is 10.1. The van der Waals surface area contributed by atoms with E-state index in [4.69, 9.17) is 4.74 Å². The Bertz CT molecular complexity index is 495. The van der Waals surface area contributed by atoms with Gasteiger partial charge in [0.1, 0.15) is 0 Å². The molecule has 3 fully saturated rings. The Morgan fingerprint density at radius 3 is 2.41 bits per heavy atom. The Kier molecular flexibility index (Phi) is 8.19. The van der Waals surface area contributed by atoms with Gasteiger partial charge in [0.25, 0.3) is 0 Å². The summed E-state index contributed by atoms with van der Waals surface area (Å²) in [6.07, 6.45) is 20.8. The zero-order chi connectivity index (χ0) is 21.1. The molecule has 1 heteroatoms. The minimum absolute atomic E-state index is 0.475. The largest absolute Gasteiger partial charge is 0.381 e. The van der Waals surface area contributed by atoms with Crippen molar-refractivity contribution >= 4 is 0 Å². The van der Waals surface area contributed by atoms with Gasteiger partial charge in [0.05, 0.1) is 6.10 Å². The molecule has 0 radical (unpaired) electrons. The van der Waals surface area contributed by atoms with Crippen LogP contribution in [0.4, 0.5) is 0 Å². The average molecular weight is 405 g/mol. The predicted octanol–water partition coefficient (Wildman–Crippen LogP) is 8.66. The Labute approximate surface area is 183 Å². The van der Waals surface area contributed by atoms with Crippen LogP contribution in [0.2, 0.25) is 0 Å². The molecule has 7 unspecified atom stereocenters. The van der Waals surface area contributed by atoms with Gasteiger partial charge in [-0.2, -0.15) is 0 Å². The molecular formula is C28H52O. The van der Waals surface area contributed by atoms with E-state index in [0.29, 0.717) is 16.9 Å². The highest BCUT2D eigenvalue weighted by Crippen LogP contribution is 2.65. The maximum absolute atomic E-state index is 5.73. The number of hydrogen-bond acceptors (Lipinski definition) is 1. The molecule has 3 saturated carbocycles. The number of methoxy groups -OCH3 is 1. The zero-order valence-electron chi connectivity index (χ0n) is 20.8. The van der Waals surface area contributed by atoms with Gasteiger partial charge in [0.2, 0.25) is 0 Å². The lowest BCUT2D eigenvalue weighted by molar-refractivity contribution is -0.0763. The molecule has 3 aliphatic carbocycles. The first-order chi connectivity index (χ1) is 13.8. The quantitative estimate of drug-likeness (QED) is 0.331. The molecule has 170 valence electrons. The summed E-state index contributed by atoms with van der Waals surface area (Å²) >= 11 is 0. The van der Waals surface area contributed by atoms with Crippen LogP contribution in [0, 0.1) is 40.4 Å².